The molecule has 0 atom stereocenters. The minimum Gasteiger partial charge on any atom is -0.450 e. The van der Waals surface area contributed by atoms with Crippen LogP contribution in [0, 0.1) is 3.57 Å². The normalized spacial score (nSPS) is 10.9. The van der Waals surface area contributed by atoms with Gasteiger partial charge >= 0.3 is 6.09 Å². The lowest BCUT2D eigenvalue weighted by molar-refractivity contribution is 0.137. The lowest BCUT2D eigenvalue weighted by atomic mass is 10.2. The maximum Gasteiger partial charge on any atom is 0.404 e. The van der Waals surface area contributed by atoms with Crippen LogP contribution in [0.25, 0.3) is 0 Å². The molecule has 19 heavy (non-hydrogen) atoms. The predicted molar refractivity (Wildman–Crippen MR) is 73.9 cm³/mol. The number of hydrogen-bond acceptors (Lipinski definition) is 3. The van der Waals surface area contributed by atoms with E-state index in [4.69, 9.17) is 5.73 Å². The number of amides is 1. The van der Waals surface area contributed by atoms with Crippen molar-refractivity contribution >= 4 is 28.7 Å². The molecule has 1 rings (SSSR count). The number of aromatic nitrogens is 2. The van der Waals surface area contributed by atoms with Gasteiger partial charge in [0.2, 0.25) is 0 Å². The zero-order chi connectivity index (χ0) is 14.3. The van der Waals surface area contributed by atoms with Crippen molar-refractivity contribution in [2.75, 3.05) is 6.61 Å². The van der Waals surface area contributed by atoms with Gasteiger partial charge in [-0.2, -0.15) is 5.10 Å². The van der Waals surface area contributed by atoms with Crippen LogP contribution in [0.5, 0.6) is 0 Å². The second-order valence-electron chi connectivity index (χ2n) is 3.98. The maximum atomic E-state index is 12.7. The summed E-state index contributed by atoms with van der Waals surface area (Å²) in [6.07, 6.45) is 1.38. The molecule has 0 aromatic carbocycles. The Labute approximate surface area is 123 Å². The van der Waals surface area contributed by atoms with Gasteiger partial charge in [-0.3, -0.25) is 4.68 Å². The molecular formula is C11H16F2IN3O2. The van der Waals surface area contributed by atoms with Crippen molar-refractivity contribution in [3.63, 3.8) is 0 Å². The maximum absolute atomic E-state index is 12.7. The highest BCUT2D eigenvalue weighted by Crippen LogP contribution is 2.24. The van der Waals surface area contributed by atoms with Crippen molar-refractivity contribution in [3.05, 3.63) is 15.5 Å². The highest BCUT2D eigenvalue weighted by atomic mass is 127. The third-order valence-electron chi connectivity index (χ3n) is 2.55. The number of halogens is 3. The van der Waals surface area contributed by atoms with Crippen LogP contribution < -0.4 is 5.73 Å². The number of unbranched alkanes of at least 4 members (excludes halogenated alkanes) is 3. The second kappa shape index (κ2) is 8.28. The number of hydrogen-bond donors (Lipinski definition) is 1. The van der Waals surface area contributed by atoms with E-state index in [0.717, 1.165) is 25.7 Å². The van der Waals surface area contributed by atoms with E-state index in [1.54, 1.807) is 0 Å². The Morgan fingerprint density at radius 2 is 2.11 bits per heavy atom. The topological polar surface area (TPSA) is 70.1 Å². The predicted octanol–water partition coefficient (Wildman–Crippen LogP) is 3.08. The molecule has 2 N–H and O–H groups in total. The standard InChI is InChI=1S/C11H16F2IN3O2/c12-10(13)9-8(14)7-16-17(9)5-3-1-2-4-6-19-11(15)18/h7,10H,1-6H2,(H2,15,18). The first-order valence-electron chi connectivity index (χ1n) is 5.94. The first kappa shape index (κ1) is 16.1. The summed E-state index contributed by atoms with van der Waals surface area (Å²) in [4.78, 5) is 10.3. The average molecular weight is 387 g/mol. The minimum atomic E-state index is -2.50. The number of nitrogens with zero attached hydrogens (tertiary/aromatic N) is 2. The summed E-state index contributed by atoms with van der Waals surface area (Å²) in [5.41, 5.74) is 4.80. The van der Waals surface area contributed by atoms with Crippen molar-refractivity contribution in [1.82, 2.24) is 9.78 Å². The molecule has 0 fully saturated rings. The van der Waals surface area contributed by atoms with Crippen molar-refractivity contribution < 1.29 is 18.3 Å². The van der Waals surface area contributed by atoms with Gasteiger partial charge in [0, 0.05) is 6.54 Å². The van der Waals surface area contributed by atoms with Gasteiger partial charge in [0.25, 0.3) is 6.43 Å². The Morgan fingerprint density at radius 3 is 2.74 bits per heavy atom. The van der Waals surface area contributed by atoms with Crippen LogP contribution in [0.2, 0.25) is 0 Å². The van der Waals surface area contributed by atoms with E-state index in [0.29, 0.717) is 16.7 Å². The number of nitrogens with two attached hydrogens (primary N) is 1. The van der Waals surface area contributed by atoms with Gasteiger partial charge in [-0.05, 0) is 41.9 Å². The molecule has 5 nitrogen and oxygen atoms in total. The van der Waals surface area contributed by atoms with Gasteiger partial charge in [-0.25, -0.2) is 13.6 Å². The third-order valence-corrected chi connectivity index (χ3v) is 3.38. The average Bonchev–Trinajstić information content (AvgIpc) is 2.69. The van der Waals surface area contributed by atoms with Crippen molar-refractivity contribution in [1.29, 1.82) is 0 Å². The summed E-state index contributed by atoms with van der Waals surface area (Å²) in [6, 6.07) is 0. The summed E-state index contributed by atoms with van der Waals surface area (Å²) < 4.78 is 31.9. The first-order chi connectivity index (χ1) is 9.02. The van der Waals surface area contributed by atoms with Gasteiger partial charge in [-0.1, -0.05) is 6.42 Å². The van der Waals surface area contributed by atoms with E-state index < -0.39 is 12.5 Å². The Kier molecular flexibility index (Phi) is 7.03. The van der Waals surface area contributed by atoms with Gasteiger partial charge in [0.05, 0.1) is 16.4 Å². The molecule has 0 saturated heterocycles. The summed E-state index contributed by atoms with van der Waals surface area (Å²) in [5.74, 6) is 0. The largest absolute Gasteiger partial charge is 0.450 e. The smallest absolute Gasteiger partial charge is 0.404 e. The highest BCUT2D eigenvalue weighted by Gasteiger charge is 2.17. The molecule has 0 spiro atoms. The summed E-state index contributed by atoms with van der Waals surface area (Å²) in [7, 11) is 0. The van der Waals surface area contributed by atoms with Crippen LogP contribution in [0.1, 0.15) is 37.8 Å². The summed E-state index contributed by atoms with van der Waals surface area (Å²) in [5, 5.41) is 3.94. The van der Waals surface area contributed by atoms with Crippen LogP contribution in [0.3, 0.4) is 0 Å². The molecule has 108 valence electrons. The Bertz CT molecular complexity index is 413. The fraction of sp³-hybridized carbons (Fsp3) is 0.636. The lowest BCUT2D eigenvalue weighted by Crippen LogP contribution is -2.13. The number of rotatable bonds is 8. The number of aryl methyl sites for hydroxylation is 1. The van der Waals surface area contributed by atoms with E-state index in [-0.39, 0.29) is 5.69 Å². The van der Waals surface area contributed by atoms with Crippen LogP contribution in [-0.2, 0) is 11.3 Å². The third kappa shape index (κ3) is 5.70. The Morgan fingerprint density at radius 1 is 1.42 bits per heavy atom. The quantitative estimate of drug-likeness (QED) is 0.551. The molecule has 0 saturated carbocycles. The van der Waals surface area contributed by atoms with Crippen LogP contribution in [0.15, 0.2) is 6.20 Å². The molecule has 1 amide bonds. The van der Waals surface area contributed by atoms with Crippen molar-refractivity contribution in [2.45, 2.75) is 38.7 Å². The summed E-state index contributed by atoms with van der Waals surface area (Å²) >= 11 is 1.86. The zero-order valence-electron chi connectivity index (χ0n) is 10.3. The molecule has 1 heterocycles. The SMILES string of the molecule is NC(=O)OCCCCCCn1ncc(I)c1C(F)F. The molecule has 0 unspecified atom stereocenters. The number of carbonyl (C=O) groups excluding carboxylic acids is 1. The van der Waals surface area contributed by atoms with Crippen molar-refractivity contribution in [3.8, 4) is 0 Å². The Balaban J connectivity index is 2.21. The van der Waals surface area contributed by atoms with E-state index in [2.05, 4.69) is 9.84 Å². The second-order valence-corrected chi connectivity index (χ2v) is 5.15. The van der Waals surface area contributed by atoms with Crippen LogP contribution in [-0.4, -0.2) is 22.5 Å². The number of alkyl halides is 2. The molecule has 8 heteroatoms. The molecule has 0 aliphatic heterocycles. The van der Waals surface area contributed by atoms with E-state index in [9.17, 15) is 13.6 Å². The fourth-order valence-electron chi connectivity index (χ4n) is 1.66. The number of primary amides is 1. The van der Waals surface area contributed by atoms with Gasteiger partial charge in [0.15, 0.2) is 0 Å². The molecule has 0 radical (unpaired) electrons. The van der Waals surface area contributed by atoms with Crippen molar-refractivity contribution in [2.24, 2.45) is 5.73 Å². The van der Waals surface area contributed by atoms with E-state index >= 15 is 0 Å². The molecular weight excluding hydrogens is 371 g/mol. The monoisotopic (exact) mass is 387 g/mol. The summed E-state index contributed by atoms with van der Waals surface area (Å²) in [6.45, 7) is 0.774. The van der Waals surface area contributed by atoms with E-state index in [1.807, 2.05) is 22.6 Å². The number of carbonyl (C=O) groups is 1. The molecule has 1 aromatic rings. The van der Waals surface area contributed by atoms with E-state index in [1.165, 1.54) is 10.9 Å². The van der Waals surface area contributed by atoms with Crippen LogP contribution in [0.4, 0.5) is 13.6 Å². The number of ether oxygens (including phenoxy) is 1. The van der Waals surface area contributed by atoms with Gasteiger partial charge in [-0.15, -0.1) is 0 Å². The van der Waals surface area contributed by atoms with Crippen LogP contribution >= 0.6 is 22.6 Å². The first-order valence-corrected chi connectivity index (χ1v) is 7.02. The molecule has 1 aromatic heterocycles. The highest BCUT2D eigenvalue weighted by molar-refractivity contribution is 14.1. The molecule has 0 bridgehead atoms. The molecule has 0 aliphatic rings. The lowest BCUT2D eigenvalue weighted by Gasteiger charge is -2.07. The fourth-order valence-corrected chi connectivity index (χ4v) is 2.30. The van der Waals surface area contributed by atoms with Gasteiger partial charge < -0.3 is 10.5 Å². The Hall–Kier alpha value is -0.930. The minimum absolute atomic E-state index is 0.0161. The van der Waals surface area contributed by atoms with Gasteiger partial charge in [0.1, 0.15) is 5.69 Å². The zero-order valence-corrected chi connectivity index (χ0v) is 12.5. The molecule has 0 aliphatic carbocycles.